The van der Waals surface area contributed by atoms with Gasteiger partial charge in [0.15, 0.2) is 0 Å². The maximum absolute atomic E-state index is 12.1. The van der Waals surface area contributed by atoms with Gasteiger partial charge in [0.1, 0.15) is 12.6 Å². The van der Waals surface area contributed by atoms with Crippen LogP contribution in [-0.2, 0) is 16.1 Å². The van der Waals surface area contributed by atoms with Crippen LogP contribution in [0.5, 0.6) is 0 Å². The minimum atomic E-state index is -0.998. The Hall–Kier alpha value is -1.82. The van der Waals surface area contributed by atoms with Crippen LogP contribution in [0.2, 0.25) is 0 Å². The summed E-state index contributed by atoms with van der Waals surface area (Å²) in [5.74, 6) is -1.10. The fourth-order valence-electron chi connectivity index (χ4n) is 2.41. The molecular weight excluding hydrogens is 348 g/mol. The molecule has 0 unspecified atom stereocenters. The summed E-state index contributed by atoms with van der Waals surface area (Å²) in [5, 5.41) is 12.8. The maximum atomic E-state index is 12.1. The van der Waals surface area contributed by atoms with Gasteiger partial charge in [-0.05, 0) is 30.5 Å². The van der Waals surface area contributed by atoms with Crippen LogP contribution in [-0.4, -0.2) is 27.6 Å². The average Bonchev–Trinajstić information content (AvgIpc) is 2.82. The Labute approximate surface area is 137 Å². The Balaban J connectivity index is 2.10. The van der Waals surface area contributed by atoms with Crippen LogP contribution in [0.25, 0.3) is 10.9 Å². The lowest BCUT2D eigenvalue weighted by molar-refractivity contribution is -0.142. The number of carbonyl (C=O) groups is 2. The number of carbonyl (C=O) groups excluding carboxylic acids is 1. The summed E-state index contributed by atoms with van der Waals surface area (Å²) in [6, 6.07) is 6.85. The molecule has 0 bridgehead atoms. The van der Waals surface area contributed by atoms with Crippen molar-refractivity contribution in [3.8, 4) is 0 Å². The highest BCUT2D eigenvalue weighted by atomic mass is 79.9. The lowest BCUT2D eigenvalue weighted by Gasteiger charge is -2.17. The molecule has 1 amide bonds. The van der Waals surface area contributed by atoms with Crippen molar-refractivity contribution in [3.05, 3.63) is 34.9 Å². The van der Waals surface area contributed by atoms with Crippen molar-refractivity contribution >= 4 is 38.7 Å². The second-order valence-electron chi connectivity index (χ2n) is 5.70. The summed E-state index contributed by atoms with van der Waals surface area (Å²) >= 11 is 3.47. The standard InChI is InChI=1S/C16H19BrN2O3/c1-10(2)8-13(16(21)22)18-15(20)9-19-7-6-11-12(17)4-3-5-14(11)19/h3-7,10,13H,8-9H2,1-2H3,(H,18,20)(H,21,22)/t13-/m1/s1. The zero-order valence-electron chi connectivity index (χ0n) is 12.5. The normalized spacial score (nSPS) is 12.5. The first-order chi connectivity index (χ1) is 10.4. The summed E-state index contributed by atoms with van der Waals surface area (Å²) in [6.07, 6.45) is 2.24. The van der Waals surface area contributed by atoms with Crippen molar-refractivity contribution in [2.24, 2.45) is 5.92 Å². The molecule has 0 aliphatic carbocycles. The molecule has 1 aromatic carbocycles. The van der Waals surface area contributed by atoms with Crippen LogP contribution in [0, 0.1) is 5.92 Å². The van der Waals surface area contributed by atoms with E-state index in [1.165, 1.54) is 0 Å². The Morgan fingerprint density at radius 3 is 2.68 bits per heavy atom. The molecule has 0 spiro atoms. The highest BCUT2D eigenvalue weighted by molar-refractivity contribution is 9.10. The minimum Gasteiger partial charge on any atom is -0.480 e. The molecule has 0 saturated carbocycles. The number of hydrogen-bond acceptors (Lipinski definition) is 2. The van der Waals surface area contributed by atoms with Gasteiger partial charge < -0.3 is 15.0 Å². The van der Waals surface area contributed by atoms with Gasteiger partial charge in [-0.25, -0.2) is 4.79 Å². The maximum Gasteiger partial charge on any atom is 0.326 e. The minimum absolute atomic E-state index is 0.0990. The number of carboxylic acids is 1. The third-order valence-corrected chi connectivity index (χ3v) is 4.11. The summed E-state index contributed by atoms with van der Waals surface area (Å²) in [7, 11) is 0. The van der Waals surface area contributed by atoms with Gasteiger partial charge in [0.25, 0.3) is 0 Å². The van der Waals surface area contributed by atoms with Gasteiger partial charge in [-0.1, -0.05) is 35.8 Å². The molecule has 0 radical (unpaired) electrons. The molecule has 22 heavy (non-hydrogen) atoms. The number of nitrogens with zero attached hydrogens (tertiary/aromatic N) is 1. The van der Waals surface area contributed by atoms with E-state index in [2.05, 4.69) is 21.2 Å². The lowest BCUT2D eigenvalue weighted by Crippen LogP contribution is -2.43. The Bertz CT molecular complexity index is 694. The van der Waals surface area contributed by atoms with Crippen LogP contribution in [0.3, 0.4) is 0 Å². The van der Waals surface area contributed by atoms with Crippen LogP contribution in [0.15, 0.2) is 34.9 Å². The fourth-order valence-corrected chi connectivity index (χ4v) is 2.90. The van der Waals surface area contributed by atoms with E-state index in [9.17, 15) is 14.7 Å². The second-order valence-corrected chi connectivity index (χ2v) is 6.56. The lowest BCUT2D eigenvalue weighted by atomic mass is 10.0. The predicted molar refractivity (Wildman–Crippen MR) is 88.7 cm³/mol. The number of hydrogen-bond donors (Lipinski definition) is 2. The van der Waals surface area contributed by atoms with E-state index in [1.54, 1.807) is 0 Å². The summed E-state index contributed by atoms with van der Waals surface area (Å²) in [5.41, 5.74) is 0.931. The summed E-state index contributed by atoms with van der Waals surface area (Å²) in [6.45, 7) is 3.96. The first-order valence-corrected chi connectivity index (χ1v) is 7.93. The molecule has 2 aromatic rings. The molecule has 5 nitrogen and oxygen atoms in total. The molecule has 0 saturated heterocycles. The number of halogens is 1. The van der Waals surface area contributed by atoms with Gasteiger partial charge >= 0.3 is 5.97 Å². The van der Waals surface area contributed by atoms with Gasteiger partial charge in [-0.3, -0.25) is 4.79 Å². The van der Waals surface area contributed by atoms with E-state index in [1.807, 2.05) is 48.9 Å². The smallest absolute Gasteiger partial charge is 0.326 e. The number of amides is 1. The number of carboxylic acid groups (broad SMARTS) is 1. The second kappa shape index (κ2) is 6.96. The Morgan fingerprint density at radius 1 is 1.32 bits per heavy atom. The van der Waals surface area contributed by atoms with E-state index >= 15 is 0 Å². The summed E-state index contributed by atoms with van der Waals surface area (Å²) in [4.78, 5) is 23.3. The molecule has 0 aliphatic heterocycles. The van der Waals surface area contributed by atoms with Gasteiger partial charge in [-0.15, -0.1) is 0 Å². The molecule has 2 N–H and O–H groups in total. The molecule has 1 heterocycles. The van der Waals surface area contributed by atoms with Crippen molar-refractivity contribution in [2.45, 2.75) is 32.9 Å². The molecular formula is C16H19BrN2O3. The predicted octanol–water partition coefficient (Wildman–Crippen LogP) is 3.02. The Kier molecular flexibility index (Phi) is 5.24. The molecule has 0 aliphatic rings. The largest absolute Gasteiger partial charge is 0.480 e. The van der Waals surface area contributed by atoms with E-state index in [-0.39, 0.29) is 18.4 Å². The highest BCUT2D eigenvalue weighted by Gasteiger charge is 2.21. The van der Waals surface area contributed by atoms with Crippen LogP contribution >= 0.6 is 15.9 Å². The van der Waals surface area contributed by atoms with Gasteiger partial charge in [-0.2, -0.15) is 0 Å². The van der Waals surface area contributed by atoms with Gasteiger partial charge in [0.2, 0.25) is 5.91 Å². The molecule has 6 heteroatoms. The van der Waals surface area contributed by atoms with Crippen LogP contribution in [0.4, 0.5) is 0 Å². The van der Waals surface area contributed by atoms with Crippen LogP contribution < -0.4 is 5.32 Å². The number of nitrogens with one attached hydrogen (secondary N) is 1. The zero-order chi connectivity index (χ0) is 16.3. The highest BCUT2D eigenvalue weighted by Crippen LogP contribution is 2.24. The zero-order valence-corrected chi connectivity index (χ0v) is 14.1. The first kappa shape index (κ1) is 16.5. The third-order valence-electron chi connectivity index (χ3n) is 3.41. The molecule has 2 rings (SSSR count). The number of benzene rings is 1. The number of aromatic nitrogens is 1. The van der Waals surface area contributed by atoms with Crippen molar-refractivity contribution in [2.75, 3.05) is 0 Å². The van der Waals surface area contributed by atoms with Gasteiger partial charge in [0.05, 0.1) is 0 Å². The van der Waals surface area contributed by atoms with Crippen molar-refractivity contribution in [1.82, 2.24) is 9.88 Å². The third kappa shape index (κ3) is 3.88. The Morgan fingerprint density at radius 2 is 2.05 bits per heavy atom. The van der Waals surface area contributed by atoms with E-state index in [4.69, 9.17) is 0 Å². The topological polar surface area (TPSA) is 71.3 Å². The quantitative estimate of drug-likeness (QED) is 0.825. The monoisotopic (exact) mass is 366 g/mol. The van der Waals surface area contributed by atoms with Crippen LogP contribution in [0.1, 0.15) is 20.3 Å². The fraction of sp³-hybridized carbons (Fsp3) is 0.375. The number of aliphatic carboxylic acids is 1. The van der Waals surface area contributed by atoms with E-state index in [0.717, 1.165) is 15.4 Å². The van der Waals surface area contributed by atoms with E-state index < -0.39 is 12.0 Å². The van der Waals surface area contributed by atoms with Crippen molar-refractivity contribution in [3.63, 3.8) is 0 Å². The summed E-state index contributed by atoms with van der Waals surface area (Å²) < 4.78 is 2.77. The SMILES string of the molecule is CC(C)C[C@@H](NC(=O)Cn1ccc2c(Br)cccc21)C(=O)O. The number of rotatable bonds is 6. The molecule has 118 valence electrons. The molecule has 0 fully saturated rings. The van der Waals surface area contributed by atoms with Crippen molar-refractivity contribution in [1.29, 1.82) is 0 Å². The molecule has 1 atom stereocenters. The van der Waals surface area contributed by atoms with Gasteiger partial charge in [0, 0.05) is 21.6 Å². The average molecular weight is 367 g/mol. The number of fused-ring (bicyclic) bond motifs is 1. The van der Waals surface area contributed by atoms with Crippen molar-refractivity contribution < 1.29 is 14.7 Å². The first-order valence-electron chi connectivity index (χ1n) is 7.14. The molecule has 1 aromatic heterocycles. The van der Waals surface area contributed by atoms with E-state index in [0.29, 0.717) is 6.42 Å².